The molecule has 4 amide bonds. The number of fused-ring (bicyclic) bond motifs is 2. The summed E-state index contributed by atoms with van der Waals surface area (Å²) in [7, 11) is 0. The molecule has 15 nitrogen and oxygen atoms in total. The number of hydrogen-bond acceptors (Lipinski definition) is 12. The van der Waals surface area contributed by atoms with Gasteiger partial charge < -0.3 is 30.1 Å². The maximum Gasteiger partial charge on any atom is 0.255 e. The lowest BCUT2D eigenvalue weighted by Gasteiger charge is -2.35. The average molecular weight is 955 g/mol. The highest BCUT2D eigenvalue weighted by molar-refractivity contribution is 7.99. The number of anilines is 1. The molecule has 6 heterocycles. The molecular formula is C53H66N10O5S. The van der Waals surface area contributed by atoms with E-state index in [1.807, 2.05) is 88.1 Å². The van der Waals surface area contributed by atoms with Gasteiger partial charge in [0.05, 0.1) is 11.4 Å². The molecular weight excluding hydrogens is 889 g/mol. The number of aromatic nitrogens is 4. The quantitative estimate of drug-likeness (QED) is 0.0412. The maximum atomic E-state index is 13.6. The molecule has 3 aromatic carbocycles. The first-order valence-electron chi connectivity index (χ1n) is 25.2. The number of piperidine rings is 2. The van der Waals surface area contributed by atoms with Gasteiger partial charge in [-0.15, -0.1) is 11.8 Å². The van der Waals surface area contributed by atoms with Gasteiger partial charge in [0.1, 0.15) is 35.4 Å². The third-order valence-electron chi connectivity index (χ3n) is 14.2. The van der Waals surface area contributed by atoms with Gasteiger partial charge in [0.25, 0.3) is 5.91 Å². The molecule has 16 heteroatoms. The molecule has 3 N–H and O–H groups in total. The highest BCUT2D eigenvalue weighted by atomic mass is 32.2. The summed E-state index contributed by atoms with van der Waals surface area (Å²) in [5.41, 5.74) is 10.5. The van der Waals surface area contributed by atoms with Crippen LogP contribution in [0.2, 0.25) is 0 Å². The Morgan fingerprint density at radius 1 is 0.768 bits per heavy atom. The van der Waals surface area contributed by atoms with Gasteiger partial charge in [0.2, 0.25) is 17.7 Å². The molecule has 0 spiro atoms. The van der Waals surface area contributed by atoms with Gasteiger partial charge in [-0.25, -0.2) is 14.6 Å². The summed E-state index contributed by atoms with van der Waals surface area (Å²) in [5.74, 6) is 2.37. The van der Waals surface area contributed by atoms with E-state index in [0.29, 0.717) is 43.0 Å². The van der Waals surface area contributed by atoms with Crippen molar-refractivity contribution in [1.29, 1.82) is 0 Å². The standard InChI is InChI=1S/C53H66N10O5S/c54-50-48-49(38-21-23-41(24-22-38)68-40-16-8-7-9-17-40)58-63(51(48)56-37-55-50)39-15-13-29-61(35-39)47(65)20-14-28-60-32-30-59(31-33-60)27-10-5-3-1-2-4-6-11-34-69-45-19-12-18-42-43(45)36-62(53(42)67)44-25-26-46(64)57-52(44)66/h7-9,12,16-19,21-24,37,39,44H,1-6,10-11,13-15,20,25-36H2,(H2,54,55,56)(H,57,64,66)/t39-,44?/m1/s1. The number of piperazine rings is 1. The summed E-state index contributed by atoms with van der Waals surface area (Å²) in [6.07, 6.45) is 15.4. The van der Waals surface area contributed by atoms with Crippen LogP contribution in [0.15, 0.2) is 84.0 Å². The number of carbonyl (C=O) groups excluding carboxylic acids is 4. The number of nitrogens with zero attached hydrogens (tertiary/aromatic N) is 8. The van der Waals surface area contributed by atoms with E-state index < -0.39 is 6.04 Å². The number of unbranched alkanes of at least 4 members (excludes halogenated alkanes) is 7. The first-order valence-corrected chi connectivity index (χ1v) is 26.2. The van der Waals surface area contributed by atoms with Gasteiger partial charge in [-0.1, -0.05) is 62.8 Å². The molecule has 0 bridgehead atoms. The molecule has 1 unspecified atom stereocenters. The Bertz CT molecular complexity index is 2570. The van der Waals surface area contributed by atoms with Crippen LogP contribution in [-0.4, -0.2) is 127 Å². The van der Waals surface area contributed by atoms with Gasteiger partial charge >= 0.3 is 0 Å². The molecule has 3 fully saturated rings. The second-order valence-electron chi connectivity index (χ2n) is 19.0. The van der Waals surface area contributed by atoms with E-state index in [-0.39, 0.29) is 36.1 Å². The van der Waals surface area contributed by atoms with Crippen molar-refractivity contribution >= 4 is 52.2 Å². The smallest absolute Gasteiger partial charge is 0.255 e. The monoisotopic (exact) mass is 954 g/mol. The van der Waals surface area contributed by atoms with Gasteiger partial charge in [-0.2, -0.15) is 5.10 Å². The van der Waals surface area contributed by atoms with Crippen LogP contribution in [0.5, 0.6) is 11.5 Å². The lowest BCUT2D eigenvalue weighted by atomic mass is 10.0. The number of ether oxygens (including phenoxy) is 1. The van der Waals surface area contributed by atoms with Crippen molar-refractivity contribution in [2.24, 2.45) is 0 Å². The van der Waals surface area contributed by atoms with Crippen LogP contribution in [-0.2, 0) is 20.9 Å². The fraction of sp³-hybridized carbons (Fsp3) is 0.491. The van der Waals surface area contributed by atoms with Crippen molar-refractivity contribution in [2.45, 2.75) is 113 Å². The predicted molar refractivity (Wildman–Crippen MR) is 269 cm³/mol. The molecule has 4 aliphatic rings. The first-order chi connectivity index (χ1) is 33.8. The molecule has 4 aliphatic heterocycles. The van der Waals surface area contributed by atoms with Gasteiger partial charge in [-0.3, -0.25) is 24.5 Å². The molecule has 0 saturated carbocycles. The molecule has 2 aromatic heterocycles. The van der Waals surface area contributed by atoms with Gasteiger partial charge in [0.15, 0.2) is 5.65 Å². The van der Waals surface area contributed by atoms with Crippen LogP contribution in [0.4, 0.5) is 5.82 Å². The van der Waals surface area contributed by atoms with Crippen molar-refractivity contribution in [1.82, 2.24) is 44.7 Å². The molecule has 69 heavy (non-hydrogen) atoms. The zero-order valence-electron chi connectivity index (χ0n) is 39.7. The minimum Gasteiger partial charge on any atom is -0.457 e. The van der Waals surface area contributed by atoms with E-state index >= 15 is 0 Å². The molecule has 0 aliphatic carbocycles. The van der Waals surface area contributed by atoms with E-state index in [1.165, 1.54) is 57.8 Å². The number of benzene rings is 3. The summed E-state index contributed by atoms with van der Waals surface area (Å²) < 4.78 is 7.98. The average Bonchev–Trinajstić information content (AvgIpc) is 3.93. The van der Waals surface area contributed by atoms with E-state index in [9.17, 15) is 19.2 Å². The van der Waals surface area contributed by atoms with Crippen LogP contribution in [0, 0.1) is 0 Å². The van der Waals surface area contributed by atoms with E-state index in [2.05, 4.69) is 31.2 Å². The van der Waals surface area contributed by atoms with E-state index in [4.69, 9.17) is 15.6 Å². The van der Waals surface area contributed by atoms with Crippen molar-refractivity contribution < 1.29 is 23.9 Å². The lowest BCUT2D eigenvalue weighted by Crippen LogP contribution is -2.52. The van der Waals surface area contributed by atoms with Crippen LogP contribution in [0.25, 0.3) is 22.3 Å². The number of carbonyl (C=O) groups is 4. The number of nitrogen functional groups attached to an aromatic ring is 1. The number of likely N-dealkylation sites (tertiary alicyclic amines) is 1. The number of rotatable bonds is 21. The minimum absolute atomic E-state index is 0.00824. The van der Waals surface area contributed by atoms with Crippen LogP contribution in [0.1, 0.15) is 112 Å². The highest BCUT2D eigenvalue weighted by Gasteiger charge is 2.40. The third kappa shape index (κ3) is 12.0. The molecule has 3 saturated heterocycles. The minimum atomic E-state index is -0.579. The molecule has 9 rings (SSSR count). The van der Waals surface area contributed by atoms with Crippen molar-refractivity contribution in [3.8, 4) is 22.8 Å². The number of nitrogens with two attached hydrogens (primary N) is 1. The Morgan fingerprint density at radius 2 is 1.48 bits per heavy atom. The van der Waals surface area contributed by atoms with Crippen LogP contribution < -0.4 is 15.8 Å². The number of para-hydroxylation sites is 1. The predicted octanol–water partition coefficient (Wildman–Crippen LogP) is 8.10. The summed E-state index contributed by atoms with van der Waals surface area (Å²) in [5, 5.41) is 8.19. The third-order valence-corrected chi connectivity index (χ3v) is 15.4. The van der Waals surface area contributed by atoms with Crippen molar-refractivity contribution in [2.75, 3.05) is 63.8 Å². The Balaban J connectivity index is 0.623. The zero-order chi connectivity index (χ0) is 47.5. The second kappa shape index (κ2) is 23.2. The van der Waals surface area contributed by atoms with Crippen molar-refractivity contribution in [3.63, 3.8) is 0 Å². The number of imide groups is 1. The Morgan fingerprint density at radius 3 is 2.23 bits per heavy atom. The first kappa shape index (κ1) is 48.2. The molecule has 5 aromatic rings. The second-order valence-corrected chi connectivity index (χ2v) is 20.1. The van der Waals surface area contributed by atoms with Crippen molar-refractivity contribution in [3.05, 3.63) is 90.3 Å². The summed E-state index contributed by atoms with van der Waals surface area (Å²) >= 11 is 1.81. The van der Waals surface area contributed by atoms with Gasteiger partial charge in [-0.05, 0) is 111 Å². The summed E-state index contributed by atoms with van der Waals surface area (Å²) in [6.45, 7) is 8.23. The summed E-state index contributed by atoms with van der Waals surface area (Å²) in [4.78, 5) is 69.6. The normalized spacial score (nSPS) is 19.0. The number of hydrogen-bond donors (Lipinski definition) is 2. The fourth-order valence-electron chi connectivity index (χ4n) is 10.4. The maximum absolute atomic E-state index is 13.6. The Hall–Kier alpha value is -5.84. The Labute approximate surface area is 409 Å². The highest BCUT2D eigenvalue weighted by Crippen LogP contribution is 2.37. The zero-order valence-corrected chi connectivity index (χ0v) is 40.6. The van der Waals surface area contributed by atoms with Crippen LogP contribution >= 0.6 is 11.8 Å². The lowest BCUT2D eigenvalue weighted by molar-refractivity contribution is -0.137. The number of nitrogens with one attached hydrogen (secondary N) is 1. The largest absolute Gasteiger partial charge is 0.457 e. The summed E-state index contributed by atoms with van der Waals surface area (Å²) in [6, 6.07) is 22.8. The number of amides is 4. The van der Waals surface area contributed by atoms with E-state index in [1.54, 1.807) is 4.90 Å². The molecule has 2 atom stereocenters. The van der Waals surface area contributed by atoms with E-state index in [0.717, 1.165) is 109 Å². The SMILES string of the molecule is Nc1ncnc2c1c(-c1ccc(Oc3ccccc3)cc1)nn2[C@@H]1CCCN(C(=O)CCCN2CCN(CCCCCCCCCCSc3cccc4c3CN(C3CCC(=O)NC3=O)C4=O)CC2)C1. The topological polar surface area (TPSA) is 172 Å². The molecule has 0 radical (unpaired) electrons. The Kier molecular flexibility index (Phi) is 16.2. The molecule has 364 valence electrons. The van der Waals surface area contributed by atoms with Crippen LogP contribution in [0.3, 0.4) is 0 Å². The van der Waals surface area contributed by atoms with Gasteiger partial charge in [0, 0.05) is 74.7 Å². The fourth-order valence-corrected chi connectivity index (χ4v) is 11.5. The number of thioether (sulfide) groups is 1.